The molecule has 0 amide bonds. The molecule has 1 aromatic rings. The van der Waals surface area contributed by atoms with Crippen molar-refractivity contribution in [2.75, 3.05) is 20.7 Å². The maximum absolute atomic E-state index is 6.33. The van der Waals surface area contributed by atoms with Gasteiger partial charge in [0.25, 0.3) is 0 Å². The summed E-state index contributed by atoms with van der Waals surface area (Å²) in [4.78, 5) is 2.34. The molecule has 0 heterocycles. The molecule has 0 aliphatic heterocycles. The number of rotatable bonds is 5. The van der Waals surface area contributed by atoms with Crippen LogP contribution >= 0.6 is 11.6 Å². The summed E-state index contributed by atoms with van der Waals surface area (Å²) in [5.74, 6) is 0.823. The number of methoxy groups -OCH3 is 1. The van der Waals surface area contributed by atoms with Gasteiger partial charge in [-0.05, 0) is 32.0 Å². The highest BCUT2D eigenvalue weighted by Gasteiger charge is 2.30. The zero-order valence-corrected chi connectivity index (χ0v) is 11.8. The third-order valence-electron chi connectivity index (χ3n) is 3.93. The molecule has 18 heavy (non-hydrogen) atoms. The van der Waals surface area contributed by atoms with E-state index in [4.69, 9.17) is 22.1 Å². The van der Waals surface area contributed by atoms with Crippen molar-refractivity contribution in [2.45, 2.75) is 31.3 Å². The Bertz CT molecular complexity index is 407. The predicted octanol–water partition coefficient (Wildman–Crippen LogP) is 2.83. The Kier molecular flexibility index (Phi) is 4.49. The first kappa shape index (κ1) is 13.7. The Morgan fingerprint density at radius 1 is 1.50 bits per heavy atom. The van der Waals surface area contributed by atoms with Gasteiger partial charge in [0.15, 0.2) is 0 Å². The van der Waals surface area contributed by atoms with Crippen LogP contribution in [-0.4, -0.2) is 31.6 Å². The van der Waals surface area contributed by atoms with E-state index in [0.29, 0.717) is 12.6 Å². The van der Waals surface area contributed by atoms with Gasteiger partial charge >= 0.3 is 0 Å². The van der Waals surface area contributed by atoms with Crippen LogP contribution in [0, 0.1) is 0 Å². The van der Waals surface area contributed by atoms with Crippen LogP contribution in [0.5, 0.6) is 5.75 Å². The molecule has 1 unspecified atom stereocenters. The van der Waals surface area contributed by atoms with Gasteiger partial charge in [-0.3, -0.25) is 4.90 Å². The Balaban J connectivity index is 2.31. The van der Waals surface area contributed by atoms with Crippen molar-refractivity contribution in [3.63, 3.8) is 0 Å². The molecule has 1 aliphatic carbocycles. The summed E-state index contributed by atoms with van der Waals surface area (Å²) >= 11 is 6.33. The summed E-state index contributed by atoms with van der Waals surface area (Å²) in [5, 5.41) is 0.732. The lowest BCUT2D eigenvalue weighted by molar-refractivity contribution is 0.112. The SMILES string of the molecule is COc1cccc(Cl)c1C(CN)N(C)C1CCC1. The maximum atomic E-state index is 6.33. The van der Waals surface area contributed by atoms with E-state index < -0.39 is 0 Å². The number of halogens is 1. The third-order valence-corrected chi connectivity index (χ3v) is 4.26. The number of hydrogen-bond donors (Lipinski definition) is 1. The van der Waals surface area contributed by atoms with Crippen LogP contribution in [0.2, 0.25) is 5.02 Å². The zero-order chi connectivity index (χ0) is 13.1. The fourth-order valence-electron chi connectivity index (χ4n) is 2.55. The summed E-state index contributed by atoms with van der Waals surface area (Å²) < 4.78 is 5.42. The highest BCUT2D eigenvalue weighted by molar-refractivity contribution is 6.31. The minimum atomic E-state index is 0.124. The van der Waals surface area contributed by atoms with Gasteiger partial charge in [-0.1, -0.05) is 24.1 Å². The largest absolute Gasteiger partial charge is 0.496 e. The lowest BCUT2D eigenvalue weighted by Gasteiger charge is -2.40. The molecule has 0 spiro atoms. The molecular formula is C14H21ClN2O. The molecule has 3 nitrogen and oxygen atoms in total. The van der Waals surface area contributed by atoms with Gasteiger partial charge in [0.1, 0.15) is 5.75 Å². The van der Waals surface area contributed by atoms with E-state index in [-0.39, 0.29) is 6.04 Å². The predicted molar refractivity (Wildman–Crippen MR) is 75.2 cm³/mol. The number of ether oxygens (including phenoxy) is 1. The molecule has 1 aromatic carbocycles. The first-order valence-corrected chi connectivity index (χ1v) is 6.81. The molecule has 1 aliphatic rings. The Hall–Kier alpha value is -0.770. The number of likely N-dealkylation sites (N-methyl/N-ethyl adjacent to an activating group) is 1. The first-order valence-electron chi connectivity index (χ1n) is 6.43. The smallest absolute Gasteiger partial charge is 0.125 e. The van der Waals surface area contributed by atoms with Crippen molar-refractivity contribution in [3.05, 3.63) is 28.8 Å². The van der Waals surface area contributed by atoms with Crippen molar-refractivity contribution in [1.29, 1.82) is 0 Å². The maximum Gasteiger partial charge on any atom is 0.125 e. The molecule has 1 atom stereocenters. The van der Waals surface area contributed by atoms with Crippen molar-refractivity contribution < 1.29 is 4.74 Å². The minimum Gasteiger partial charge on any atom is -0.496 e. The summed E-state index contributed by atoms with van der Waals surface area (Å²) in [6.07, 6.45) is 3.81. The molecular weight excluding hydrogens is 248 g/mol. The van der Waals surface area contributed by atoms with Gasteiger partial charge in [0.2, 0.25) is 0 Å². The van der Waals surface area contributed by atoms with E-state index in [0.717, 1.165) is 16.3 Å². The molecule has 0 aromatic heterocycles. The number of nitrogens with zero attached hydrogens (tertiary/aromatic N) is 1. The van der Waals surface area contributed by atoms with Gasteiger partial charge in [0, 0.05) is 23.2 Å². The molecule has 0 saturated heterocycles. The van der Waals surface area contributed by atoms with Gasteiger partial charge in [0.05, 0.1) is 13.2 Å². The molecule has 0 bridgehead atoms. The molecule has 2 rings (SSSR count). The zero-order valence-electron chi connectivity index (χ0n) is 11.0. The van der Waals surface area contributed by atoms with Crippen LogP contribution in [0.4, 0.5) is 0 Å². The lowest BCUT2D eigenvalue weighted by Crippen LogP contribution is -2.42. The second-order valence-electron chi connectivity index (χ2n) is 4.86. The fraction of sp³-hybridized carbons (Fsp3) is 0.571. The van der Waals surface area contributed by atoms with E-state index in [1.165, 1.54) is 19.3 Å². The van der Waals surface area contributed by atoms with Gasteiger partial charge in [-0.25, -0.2) is 0 Å². The highest BCUT2D eigenvalue weighted by atomic mass is 35.5. The van der Waals surface area contributed by atoms with Gasteiger partial charge < -0.3 is 10.5 Å². The Morgan fingerprint density at radius 2 is 2.22 bits per heavy atom. The number of benzene rings is 1. The summed E-state index contributed by atoms with van der Waals surface area (Å²) in [7, 11) is 3.80. The van der Waals surface area contributed by atoms with Crippen LogP contribution in [0.15, 0.2) is 18.2 Å². The van der Waals surface area contributed by atoms with Gasteiger partial charge in [-0.15, -0.1) is 0 Å². The summed E-state index contributed by atoms with van der Waals surface area (Å²) in [6.45, 7) is 0.549. The molecule has 1 saturated carbocycles. The molecule has 100 valence electrons. The van der Waals surface area contributed by atoms with E-state index in [2.05, 4.69) is 11.9 Å². The molecule has 4 heteroatoms. The van der Waals surface area contributed by atoms with Crippen LogP contribution in [-0.2, 0) is 0 Å². The van der Waals surface area contributed by atoms with Gasteiger partial charge in [-0.2, -0.15) is 0 Å². The highest BCUT2D eigenvalue weighted by Crippen LogP contribution is 2.37. The second kappa shape index (κ2) is 5.91. The van der Waals surface area contributed by atoms with E-state index >= 15 is 0 Å². The van der Waals surface area contributed by atoms with Crippen molar-refractivity contribution in [2.24, 2.45) is 5.73 Å². The quantitative estimate of drug-likeness (QED) is 0.892. The van der Waals surface area contributed by atoms with E-state index in [1.807, 2.05) is 18.2 Å². The lowest BCUT2D eigenvalue weighted by atomic mass is 9.89. The van der Waals surface area contributed by atoms with E-state index in [9.17, 15) is 0 Å². The van der Waals surface area contributed by atoms with Crippen molar-refractivity contribution >= 4 is 11.6 Å². The fourth-order valence-corrected chi connectivity index (χ4v) is 2.85. The van der Waals surface area contributed by atoms with Crippen molar-refractivity contribution in [3.8, 4) is 5.75 Å². The van der Waals surface area contributed by atoms with Crippen LogP contribution in [0.25, 0.3) is 0 Å². The van der Waals surface area contributed by atoms with Crippen molar-refractivity contribution in [1.82, 2.24) is 4.90 Å². The minimum absolute atomic E-state index is 0.124. The normalized spacial score (nSPS) is 17.6. The first-order chi connectivity index (χ1) is 8.69. The molecule has 0 radical (unpaired) electrons. The second-order valence-corrected chi connectivity index (χ2v) is 5.26. The monoisotopic (exact) mass is 268 g/mol. The van der Waals surface area contributed by atoms with Crippen LogP contribution in [0.3, 0.4) is 0 Å². The Labute approximate surface area is 114 Å². The average molecular weight is 269 g/mol. The van der Waals surface area contributed by atoms with E-state index in [1.54, 1.807) is 7.11 Å². The topological polar surface area (TPSA) is 38.5 Å². The van der Waals surface area contributed by atoms with Crippen LogP contribution < -0.4 is 10.5 Å². The number of hydrogen-bond acceptors (Lipinski definition) is 3. The molecule has 2 N–H and O–H groups in total. The Morgan fingerprint density at radius 3 is 2.72 bits per heavy atom. The molecule has 1 fully saturated rings. The standard InChI is InChI=1S/C14H21ClN2O/c1-17(10-5-3-6-10)12(9-16)14-11(15)7-4-8-13(14)18-2/h4,7-8,10,12H,3,5-6,9,16H2,1-2H3. The van der Waals surface area contributed by atoms with Crippen LogP contribution in [0.1, 0.15) is 30.9 Å². The summed E-state index contributed by atoms with van der Waals surface area (Å²) in [5.41, 5.74) is 6.97. The average Bonchev–Trinajstić information content (AvgIpc) is 2.29. The third kappa shape index (κ3) is 2.48. The number of nitrogens with two attached hydrogens (primary N) is 1. The summed E-state index contributed by atoms with van der Waals surface area (Å²) in [6, 6.07) is 6.50.